The SMILES string of the molecule is C=COCCCOCCCCN. The lowest BCUT2D eigenvalue weighted by Gasteiger charge is -2.02. The smallest absolute Gasteiger partial charge is 0.0895 e. The number of hydrogen-bond donors (Lipinski definition) is 1. The zero-order chi connectivity index (χ0) is 9.07. The standard InChI is InChI=1S/C9H19NO2/c1-2-11-8-5-9-12-7-4-3-6-10/h2H,1,3-10H2. The van der Waals surface area contributed by atoms with E-state index in [4.69, 9.17) is 15.2 Å². The van der Waals surface area contributed by atoms with E-state index in [1.165, 1.54) is 6.26 Å². The number of rotatable bonds is 9. The van der Waals surface area contributed by atoms with Gasteiger partial charge in [-0.2, -0.15) is 0 Å². The molecule has 12 heavy (non-hydrogen) atoms. The molecule has 72 valence electrons. The molecule has 0 heterocycles. The zero-order valence-corrected chi connectivity index (χ0v) is 7.63. The third-order valence-electron chi connectivity index (χ3n) is 1.41. The Hall–Kier alpha value is -0.540. The number of ether oxygens (including phenoxy) is 2. The predicted octanol–water partition coefficient (Wildman–Crippen LogP) is 1.29. The average Bonchev–Trinajstić information content (AvgIpc) is 2.10. The van der Waals surface area contributed by atoms with Crippen LogP contribution in [0.15, 0.2) is 12.8 Å². The molecule has 0 amide bonds. The summed E-state index contributed by atoms with van der Waals surface area (Å²) in [5.74, 6) is 0. The van der Waals surface area contributed by atoms with Crippen LogP contribution < -0.4 is 5.73 Å². The summed E-state index contributed by atoms with van der Waals surface area (Å²) in [6, 6.07) is 0. The summed E-state index contributed by atoms with van der Waals surface area (Å²) in [6.45, 7) is 6.46. The maximum absolute atomic E-state index is 5.32. The molecule has 0 aliphatic heterocycles. The third kappa shape index (κ3) is 9.46. The van der Waals surface area contributed by atoms with Gasteiger partial charge < -0.3 is 15.2 Å². The fourth-order valence-corrected chi connectivity index (χ4v) is 0.778. The van der Waals surface area contributed by atoms with Crippen LogP contribution in [0.5, 0.6) is 0 Å². The summed E-state index contributed by atoms with van der Waals surface area (Å²) in [5, 5.41) is 0. The Kier molecular flexibility index (Phi) is 9.99. The Balaban J connectivity index is 2.77. The van der Waals surface area contributed by atoms with Crippen molar-refractivity contribution < 1.29 is 9.47 Å². The summed E-state index contributed by atoms with van der Waals surface area (Å²) >= 11 is 0. The molecular weight excluding hydrogens is 154 g/mol. The van der Waals surface area contributed by atoms with Gasteiger partial charge in [0.25, 0.3) is 0 Å². The molecule has 0 atom stereocenters. The van der Waals surface area contributed by atoms with E-state index < -0.39 is 0 Å². The Labute approximate surface area is 74.5 Å². The molecule has 0 aromatic rings. The molecule has 0 saturated carbocycles. The third-order valence-corrected chi connectivity index (χ3v) is 1.41. The molecule has 2 N–H and O–H groups in total. The van der Waals surface area contributed by atoms with Crippen LogP contribution >= 0.6 is 0 Å². The summed E-state index contributed by atoms with van der Waals surface area (Å²) in [6.07, 6.45) is 4.48. The summed E-state index contributed by atoms with van der Waals surface area (Å²) in [5.41, 5.74) is 5.32. The van der Waals surface area contributed by atoms with E-state index in [0.29, 0.717) is 6.61 Å². The largest absolute Gasteiger partial charge is 0.502 e. The fourth-order valence-electron chi connectivity index (χ4n) is 0.778. The van der Waals surface area contributed by atoms with Crippen molar-refractivity contribution in [1.29, 1.82) is 0 Å². The summed E-state index contributed by atoms with van der Waals surface area (Å²) in [4.78, 5) is 0. The van der Waals surface area contributed by atoms with Gasteiger partial charge in [-0.15, -0.1) is 0 Å². The van der Waals surface area contributed by atoms with Gasteiger partial charge in [-0.1, -0.05) is 6.58 Å². The van der Waals surface area contributed by atoms with E-state index in [-0.39, 0.29) is 0 Å². The Morgan fingerprint density at radius 3 is 2.50 bits per heavy atom. The molecule has 0 fully saturated rings. The van der Waals surface area contributed by atoms with E-state index in [1.54, 1.807) is 0 Å². The molecule has 0 unspecified atom stereocenters. The quantitative estimate of drug-likeness (QED) is 0.422. The first kappa shape index (κ1) is 11.5. The monoisotopic (exact) mass is 173 g/mol. The second kappa shape index (κ2) is 10.5. The van der Waals surface area contributed by atoms with E-state index in [0.717, 1.165) is 39.0 Å². The van der Waals surface area contributed by atoms with Crippen LogP contribution in [-0.4, -0.2) is 26.4 Å². The molecule has 0 aliphatic carbocycles. The van der Waals surface area contributed by atoms with Crippen LogP contribution in [-0.2, 0) is 9.47 Å². The fraction of sp³-hybridized carbons (Fsp3) is 0.778. The molecule has 0 radical (unpaired) electrons. The number of unbranched alkanes of at least 4 members (excludes halogenated alkanes) is 1. The Bertz CT molecular complexity index is 96.5. The van der Waals surface area contributed by atoms with Gasteiger partial charge in [-0.05, 0) is 19.4 Å². The second-order valence-corrected chi connectivity index (χ2v) is 2.50. The minimum absolute atomic E-state index is 0.695. The average molecular weight is 173 g/mol. The molecular formula is C9H19NO2. The highest BCUT2D eigenvalue weighted by atomic mass is 16.5. The van der Waals surface area contributed by atoms with Crippen molar-refractivity contribution in [1.82, 2.24) is 0 Å². The van der Waals surface area contributed by atoms with Crippen molar-refractivity contribution in [2.75, 3.05) is 26.4 Å². The van der Waals surface area contributed by atoms with Gasteiger partial charge in [-0.3, -0.25) is 0 Å². The maximum Gasteiger partial charge on any atom is 0.0895 e. The Morgan fingerprint density at radius 1 is 1.08 bits per heavy atom. The van der Waals surface area contributed by atoms with E-state index in [2.05, 4.69) is 6.58 Å². The van der Waals surface area contributed by atoms with Gasteiger partial charge in [0, 0.05) is 19.6 Å². The second-order valence-electron chi connectivity index (χ2n) is 2.50. The van der Waals surface area contributed by atoms with Crippen LogP contribution in [0.4, 0.5) is 0 Å². The topological polar surface area (TPSA) is 44.5 Å². The predicted molar refractivity (Wildman–Crippen MR) is 49.9 cm³/mol. The molecule has 0 rings (SSSR count). The minimum atomic E-state index is 0.695. The van der Waals surface area contributed by atoms with Crippen molar-refractivity contribution in [3.63, 3.8) is 0 Å². The molecule has 3 nitrogen and oxygen atoms in total. The van der Waals surface area contributed by atoms with Crippen molar-refractivity contribution in [2.24, 2.45) is 5.73 Å². The van der Waals surface area contributed by atoms with Gasteiger partial charge in [0.15, 0.2) is 0 Å². The van der Waals surface area contributed by atoms with Crippen molar-refractivity contribution in [3.05, 3.63) is 12.8 Å². The lowest BCUT2D eigenvalue weighted by atomic mass is 10.3. The van der Waals surface area contributed by atoms with Gasteiger partial charge in [0.05, 0.1) is 12.9 Å². The first-order valence-corrected chi connectivity index (χ1v) is 4.42. The molecule has 0 aromatic heterocycles. The van der Waals surface area contributed by atoms with Gasteiger partial charge in [0.2, 0.25) is 0 Å². The minimum Gasteiger partial charge on any atom is -0.502 e. The normalized spacial score (nSPS) is 9.75. The van der Waals surface area contributed by atoms with E-state index in [1.807, 2.05) is 0 Å². The highest BCUT2D eigenvalue weighted by Crippen LogP contribution is 1.90. The van der Waals surface area contributed by atoms with Crippen molar-refractivity contribution in [3.8, 4) is 0 Å². The van der Waals surface area contributed by atoms with Crippen LogP contribution in [0.3, 0.4) is 0 Å². The van der Waals surface area contributed by atoms with Crippen LogP contribution in [0.1, 0.15) is 19.3 Å². The lowest BCUT2D eigenvalue weighted by Crippen LogP contribution is -2.03. The Morgan fingerprint density at radius 2 is 1.83 bits per heavy atom. The zero-order valence-electron chi connectivity index (χ0n) is 7.63. The van der Waals surface area contributed by atoms with Gasteiger partial charge >= 0.3 is 0 Å². The van der Waals surface area contributed by atoms with Crippen LogP contribution in [0.2, 0.25) is 0 Å². The van der Waals surface area contributed by atoms with Crippen molar-refractivity contribution >= 4 is 0 Å². The molecule has 0 bridgehead atoms. The first-order chi connectivity index (χ1) is 5.91. The highest BCUT2D eigenvalue weighted by Gasteiger charge is 1.88. The number of nitrogens with two attached hydrogens (primary N) is 1. The summed E-state index contributed by atoms with van der Waals surface area (Å²) in [7, 11) is 0. The van der Waals surface area contributed by atoms with Crippen molar-refractivity contribution in [2.45, 2.75) is 19.3 Å². The van der Waals surface area contributed by atoms with Gasteiger partial charge in [-0.25, -0.2) is 0 Å². The molecule has 3 heteroatoms. The number of hydrogen-bond acceptors (Lipinski definition) is 3. The first-order valence-electron chi connectivity index (χ1n) is 4.42. The molecule has 0 aromatic carbocycles. The molecule has 0 spiro atoms. The highest BCUT2D eigenvalue weighted by molar-refractivity contribution is 4.48. The lowest BCUT2D eigenvalue weighted by molar-refractivity contribution is 0.109. The molecule has 0 saturated heterocycles. The van der Waals surface area contributed by atoms with Crippen LogP contribution in [0, 0.1) is 0 Å². The maximum atomic E-state index is 5.32. The van der Waals surface area contributed by atoms with Crippen LogP contribution in [0.25, 0.3) is 0 Å². The van der Waals surface area contributed by atoms with E-state index in [9.17, 15) is 0 Å². The van der Waals surface area contributed by atoms with Gasteiger partial charge in [0.1, 0.15) is 0 Å². The molecule has 0 aliphatic rings. The summed E-state index contributed by atoms with van der Waals surface area (Å²) < 4.78 is 10.2. The van der Waals surface area contributed by atoms with E-state index >= 15 is 0 Å².